The van der Waals surface area contributed by atoms with Crippen molar-refractivity contribution in [3.63, 3.8) is 0 Å². The van der Waals surface area contributed by atoms with Gasteiger partial charge in [-0.2, -0.15) is 5.10 Å². The average Bonchev–Trinajstić information content (AvgIpc) is 2.36. The van der Waals surface area contributed by atoms with Crippen LogP contribution in [0.25, 0.3) is 0 Å². The number of rotatable bonds is 2. The molecule has 0 N–H and O–H groups in total. The maximum absolute atomic E-state index is 11.3. The molecule has 0 spiro atoms. The van der Waals surface area contributed by atoms with Crippen molar-refractivity contribution in [1.29, 1.82) is 0 Å². The second-order valence-corrected chi connectivity index (χ2v) is 3.43. The highest BCUT2D eigenvalue weighted by atomic mass is 35.5. The molecule has 0 bridgehead atoms. The lowest BCUT2D eigenvalue weighted by Crippen LogP contribution is -2.27. The third kappa shape index (κ3) is 2.21. The van der Waals surface area contributed by atoms with Crippen molar-refractivity contribution in [3.8, 4) is 0 Å². The molecule has 1 heterocycles. The fourth-order valence-electron chi connectivity index (χ4n) is 0.853. The Morgan fingerprint density at radius 2 is 2.31 bits per heavy atom. The molecule has 13 heavy (non-hydrogen) atoms. The number of likely N-dealkylation sites (N-methyl/N-ethyl adjacent to an activating group) is 1. The quantitative estimate of drug-likeness (QED) is 0.714. The van der Waals surface area contributed by atoms with E-state index in [0.717, 1.165) is 5.69 Å². The first-order valence-electron chi connectivity index (χ1n) is 3.90. The summed E-state index contributed by atoms with van der Waals surface area (Å²) in [6, 6.07) is 0. The molecule has 0 unspecified atom stereocenters. The first-order valence-corrected chi connectivity index (χ1v) is 4.28. The molecule has 1 aromatic heterocycles. The van der Waals surface area contributed by atoms with Crippen LogP contribution in [-0.4, -0.2) is 34.7 Å². The van der Waals surface area contributed by atoms with Crippen molar-refractivity contribution in [1.82, 2.24) is 14.7 Å². The molecule has 0 radical (unpaired) electrons. The third-order valence-corrected chi connectivity index (χ3v) is 2.20. The number of carbonyl (C=O) groups excluding carboxylic acids is 1. The molecule has 0 saturated heterocycles. The average molecular weight is 202 g/mol. The second kappa shape index (κ2) is 3.79. The topological polar surface area (TPSA) is 38.1 Å². The Bertz CT molecular complexity index is 319. The Labute approximate surface area is 82.1 Å². The van der Waals surface area contributed by atoms with Gasteiger partial charge in [-0.15, -0.1) is 0 Å². The van der Waals surface area contributed by atoms with Crippen LogP contribution in [-0.2, 0) is 11.3 Å². The van der Waals surface area contributed by atoms with E-state index in [1.165, 1.54) is 4.90 Å². The maximum atomic E-state index is 11.3. The Morgan fingerprint density at radius 1 is 1.69 bits per heavy atom. The van der Waals surface area contributed by atoms with Crippen molar-refractivity contribution in [3.05, 3.63) is 16.9 Å². The van der Waals surface area contributed by atoms with E-state index < -0.39 is 0 Å². The van der Waals surface area contributed by atoms with Gasteiger partial charge in [0.05, 0.1) is 16.9 Å². The number of hydrogen-bond acceptors (Lipinski definition) is 2. The van der Waals surface area contributed by atoms with E-state index in [0.29, 0.717) is 5.02 Å². The number of carbonyl (C=O) groups is 1. The summed E-state index contributed by atoms with van der Waals surface area (Å²) in [5.41, 5.74) is 0.817. The summed E-state index contributed by atoms with van der Waals surface area (Å²) in [5, 5.41) is 4.56. The first-order chi connectivity index (χ1) is 6.02. The van der Waals surface area contributed by atoms with E-state index in [4.69, 9.17) is 11.6 Å². The minimum atomic E-state index is 0.00265. The molecule has 1 rings (SSSR count). The van der Waals surface area contributed by atoms with E-state index in [-0.39, 0.29) is 12.5 Å². The van der Waals surface area contributed by atoms with Gasteiger partial charge in [0, 0.05) is 14.1 Å². The minimum absolute atomic E-state index is 0.00265. The highest BCUT2D eigenvalue weighted by molar-refractivity contribution is 6.31. The van der Waals surface area contributed by atoms with Gasteiger partial charge < -0.3 is 4.90 Å². The van der Waals surface area contributed by atoms with Crippen LogP contribution in [0.4, 0.5) is 0 Å². The van der Waals surface area contributed by atoms with E-state index in [1.54, 1.807) is 25.0 Å². The highest BCUT2D eigenvalue weighted by Gasteiger charge is 2.09. The van der Waals surface area contributed by atoms with Crippen LogP contribution < -0.4 is 0 Å². The van der Waals surface area contributed by atoms with Gasteiger partial charge >= 0.3 is 0 Å². The SMILES string of the molecule is Cc1c(Cl)cnn1CC(=O)N(C)C. The van der Waals surface area contributed by atoms with Gasteiger partial charge in [-0.1, -0.05) is 11.6 Å². The number of aromatic nitrogens is 2. The molecule has 1 aromatic rings. The van der Waals surface area contributed by atoms with Crippen LogP contribution in [0.2, 0.25) is 5.02 Å². The van der Waals surface area contributed by atoms with Crippen LogP contribution >= 0.6 is 11.6 Å². The van der Waals surface area contributed by atoms with Gasteiger partial charge in [-0.25, -0.2) is 0 Å². The predicted molar refractivity (Wildman–Crippen MR) is 50.7 cm³/mol. The van der Waals surface area contributed by atoms with E-state index in [1.807, 2.05) is 6.92 Å². The molecule has 0 atom stereocenters. The second-order valence-electron chi connectivity index (χ2n) is 3.02. The van der Waals surface area contributed by atoms with Crippen molar-refractivity contribution in [2.75, 3.05) is 14.1 Å². The van der Waals surface area contributed by atoms with Crippen molar-refractivity contribution < 1.29 is 4.79 Å². The Hall–Kier alpha value is -1.03. The summed E-state index contributed by atoms with van der Waals surface area (Å²) in [7, 11) is 3.42. The summed E-state index contributed by atoms with van der Waals surface area (Å²) in [6.07, 6.45) is 1.54. The van der Waals surface area contributed by atoms with Gasteiger partial charge in [0.25, 0.3) is 0 Å². The van der Waals surface area contributed by atoms with Gasteiger partial charge in [0.15, 0.2) is 0 Å². The molecule has 1 amide bonds. The fourth-order valence-corrected chi connectivity index (χ4v) is 0.994. The molecule has 0 aliphatic rings. The summed E-state index contributed by atoms with van der Waals surface area (Å²) in [6.45, 7) is 2.07. The van der Waals surface area contributed by atoms with E-state index in [9.17, 15) is 4.79 Å². The zero-order chi connectivity index (χ0) is 10.0. The monoisotopic (exact) mass is 201 g/mol. The Balaban J connectivity index is 2.75. The smallest absolute Gasteiger partial charge is 0.243 e. The molecule has 5 heteroatoms. The normalized spacial score (nSPS) is 10.2. The summed E-state index contributed by atoms with van der Waals surface area (Å²) in [5.74, 6) is 0.00265. The highest BCUT2D eigenvalue weighted by Crippen LogP contribution is 2.12. The molecule has 0 fully saturated rings. The van der Waals surface area contributed by atoms with Crippen LogP contribution in [0, 0.1) is 6.92 Å². The molecular formula is C8H12ClN3O. The van der Waals surface area contributed by atoms with Gasteiger partial charge in [0.2, 0.25) is 5.91 Å². The predicted octanol–water partition coefficient (Wildman–Crippen LogP) is 0.933. The number of amides is 1. The first kappa shape index (κ1) is 10.1. The molecule has 0 aromatic carbocycles. The third-order valence-electron chi connectivity index (χ3n) is 1.83. The van der Waals surface area contributed by atoms with Gasteiger partial charge in [-0.3, -0.25) is 9.48 Å². The van der Waals surface area contributed by atoms with E-state index >= 15 is 0 Å². The summed E-state index contributed by atoms with van der Waals surface area (Å²) >= 11 is 5.78. The van der Waals surface area contributed by atoms with Crippen LogP contribution in [0.5, 0.6) is 0 Å². The number of halogens is 1. The largest absolute Gasteiger partial charge is 0.347 e. The molecular weight excluding hydrogens is 190 g/mol. The summed E-state index contributed by atoms with van der Waals surface area (Å²) in [4.78, 5) is 12.8. The van der Waals surface area contributed by atoms with Crippen LogP contribution in [0.3, 0.4) is 0 Å². The zero-order valence-electron chi connectivity index (χ0n) is 7.91. The fraction of sp³-hybridized carbons (Fsp3) is 0.500. The minimum Gasteiger partial charge on any atom is -0.347 e. The van der Waals surface area contributed by atoms with Crippen molar-refractivity contribution >= 4 is 17.5 Å². The molecule has 72 valence electrons. The molecule has 0 aliphatic carbocycles. The van der Waals surface area contributed by atoms with Gasteiger partial charge in [-0.05, 0) is 6.92 Å². The molecule has 0 saturated carbocycles. The Kier molecular flexibility index (Phi) is 2.93. The Morgan fingerprint density at radius 3 is 2.69 bits per heavy atom. The molecule has 0 aliphatic heterocycles. The lowest BCUT2D eigenvalue weighted by molar-refractivity contribution is -0.129. The summed E-state index contributed by atoms with van der Waals surface area (Å²) < 4.78 is 1.59. The van der Waals surface area contributed by atoms with Crippen molar-refractivity contribution in [2.45, 2.75) is 13.5 Å². The number of nitrogens with zero attached hydrogens (tertiary/aromatic N) is 3. The van der Waals surface area contributed by atoms with Crippen molar-refractivity contribution in [2.24, 2.45) is 0 Å². The molecule has 4 nitrogen and oxygen atoms in total. The maximum Gasteiger partial charge on any atom is 0.243 e. The lowest BCUT2D eigenvalue weighted by Gasteiger charge is -2.10. The standard InChI is InChI=1S/C8H12ClN3O/c1-6-7(9)4-10-12(6)5-8(13)11(2)3/h4H,5H2,1-3H3. The number of hydrogen-bond donors (Lipinski definition) is 0. The van der Waals surface area contributed by atoms with Crippen LogP contribution in [0.1, 0.15) is 5.69 Å². The van der Waals surface area contributed by atoms with E-state index in [2.05, 4.69) is 5.10 Å². The van der Waals surface area contributed by atoms with Gasteiger partial charge in [0.1, 0.15) is 6.54 Å². The lowest BCUT2D eigenvalue weighted by atomic mass is 10.4. The van der Waals surface area contributed by atoms with Crippen LogP contribution in [0.15, 0.2) is 6.20 Å². The zero-order valence-corrected chi connectivity index (χ0v) is 8.67.